The van der Waals surface area contributed by atoms with Crippen LogP contribution in [0.2, 0.25) is 0 Å². The zero-order chi connectivity index (χ0) is 12.0. The van der Waals surface area contributed by atoms with Crippen molar-refractivity contribution in [3.05, 3.63) is 46.0 Å². The Morgan fingerprint density at radius 1 is 1.50 bits per heavy atom. The SMILES string of the molecule is Cc1ccc(NC/C=C/CN)c([N+](=O)[O-])c1. The third-order valence-electron chi connectivity index (χ3n) is 2.06. The van der Waals surface area contributed by atoms with Crippen molar-refractivity contribution in [2.24, 2.45) is 5.73 Å². The average molecular weight is 221 g/mol. The summed E-state index contributed by atoms with van der Waals surface area (Å²) >= 11 is 0. The first kappa shape index (κ1) is 12.2. The minimum atomic E-state index is -0.387. The lowest BCUT2D eigenvalue weighted by Gasteiger charge is -2.05. The molecule has 0 saturated carbocycles. The molecule has 0 radical (unpaired) electrons. The molecule has 0 unspecified atom stereocenters. The molecule has 1 rings (SSSR count). The van der Waals surface area contributed by atoms with Crippen molar-refractivity contribution in [3.63, 3.8) is 0 Å². The van der Waals surface area contributed by atoms with Gasteiger partial charge in [0.25, 0.3) is 5.69 Å². The summed E-state index contributed by atoms with van der Waals surface area (Å²) in [6.45, 7) is 2.82. The fraction of sp³-hybridized carbons (Fsp3) is 0.273. The van der Waals surface area contributed by atoms with Crippen LogP contribution in [0.5, 0.6) is 0 Å². The van der Waals surface area contributed by atoms with Gasteiger partial charge in [0.15, 0.2) is 0 Å². The van der Waals surface area contributed by atoms with Crippen molar-refractivity contribution in [1.29, 1.82) is 0 Å². The number of nitrogens with one attached hydrogen (secondary N) is 1. The Morgan fingerprint density at radius 3 is 2.88 bits per heavy atom. The molecule has 0 aromatic heterocycles. The Kier molecular flexibility index (Phi) is 4.47. The molecule has 0 aliphatic carbocycles. The molecule has 0 saturated heterocycles. The number of rotatable bonds is 5. The van der Waals surface area contributed by atoms with Crippen LogP contribution in [0, 0.1) is 17.0 Å². The molecule has 16 heavy (non-hydrogen) atoms. The molecule has 3 N–H and O–H groups in total. The topological polar surface area (TPSA) is 81.2 Å². The number of benzene rings is 1. The monoisotopic (exact) mass is 221 g/mol. The van der Waals surface area contributed by atoms with Gasteiger partial charge in [-0.2, -0.15) is 0 Å². The van der Waals surface area contributed by atoms with Gasteiger partial charge in [-0.3, -0.25) is 10.1 Å². The molecule has 0 aliphatic heterocycles. The zero-order valence-electron chi connectivity index (χ0n) is 9.14. The predicted octanol–water partition coefficient (Wildman–Crippen LogP) is 1.83. The van der Waals surface area contributed by atoms with E-state index in [0.717, 1.165) is 5.56 Å². The van der Waals surface area contributed by atoms with Crippen LogP contribution in [0.1, 0.15) is 5.56 Å². The van der Waals surface area contributed by atoms with Crippen molar-refractivity contribution in [3.8, 4) is 0 Å². The minimum absolute atomic E-state index is 0.0983. The smallest absolute Gasteiger partial charge is 0.292 e. The average Bonchev–Trinajstić information content (AvgIpc) is 2.26. The van der Waals surface area contributed by atoms with E-state index in [2.05, 4.69) is 5.32 Å². The molecule has 86 valence electrons. The molecule has 0 bridgehead atoms. The van der Waals surface area contributed by atoms with Gasteiger partial charge in [0.05, 0.1) is 4.92 Å². The van der Waals surface area contributed by atoms with E-state index in [0.29, 0.717) is 18.8 Å². The quantitative estimate of drug-likeness (QED) is 0.451. The van der Waals surface area contributed by atoms with Gasteiger partial charge in [0, 0.05) is 19.2 Å². The largest absolute Gasteiger partial charge is 0.376 e. The molecular weight excluding hydrogens is 206 g/mol. The first-order chi connectivity index (χ1) is 7.65. The lowest BCUT2D eigenvalue weighted by atomic mass is 10.2. The van der Waals surface area contributed by atoms with Gasteiger partial charge in [-0.25, -0.2) is 0 Å². The zero-order valence-corrected chi connectivity index (χ0v) is 9.14. The molecule has 1 aromatic carbocycles. The van der Waals surface area contributed by atoms with Gasteiger partial charge in [-0.05, 0) is 18.6 Å². The molecule has 0 spiro atoms. The van der Waals surface area contributed by atoms with E-state index < -0.39 is 0 Å². The van der Waals surface area contributed by atoms with Crippen LogP contribution in [-0.2, 0) is 0 Å². The summed E-state index contributed by atoms with van der Waals surface area (Å²) in [5.74, 6) is 0. The molecule has 5 heteroatoms. The summed E-state index contributed by atoms with van der Waals surface area (Å²) in [5, 5.41) is 13.8. The highest BCUT2D eigenvalue weighted by molar-refractivity contribution is 5.62. The van der Waals surface area contributed by atoms with Gasteiger partial charge in [0.1, 0.15) is 5.69 Å². The Bertz CT molecular complexity index is 402. The fourth-order valence-corrected chi connectivity index (χ4v) is 1.29. The van der Waals surface area contributed by atoms with Crippen LogP contribution in [0.15, 0.2) is 30.4 Å². The van der Waals surface area contributed by atoms with E-state index in [1.165, 1.54) is 0 Å². The van der Waals surface area contributed by atoms with Gasteiger partial charge in [0.2, 0.25) is 0 Å². The summed E-state index contributed by atoms with van der Waals surface area (Å²) in [5.41, 5.74) is 6.78. The molecule has 0 atom stereocenters. The van der Waals surface area contributed by atoms with Crippen LogP contribution < -0.4 is 11.1 Å². The van der Waals surface area contributed by atoms with Gasteiger partial charge < -0.3 is 11.1 Å². The second-order valence-corrected chi connectivity index (χ2v) is 3.37. The van der Waals surface area contributed by atoms with Crippen LogP contribution in [-0.4, -0.2) is 18.0 Å². The summed E-state index contributed by atoms with van der Waals surface area (Å²) in [4.78, 5) is 10.4. The number of nitro groups is 1. The van der Waals surface area contributed by atoms with Crippen LogP contribution in [0.4, 0.5) is 11.4 Å². The van der Waals surface area contributed by atoms with Crippen molar-refractivity contribution >= 4 is 11.4 Å². The molecule has 0 amide bonds. The number of nitrogens with two attached hydrogens (primary N) is 1. The van der Waals surface area contributed by atoms with Gasteiger partial charge in [-0.15, -0.1) is 0 Å². The number of aryl methyl sites for hydroxylation is 1. The van der Waals surface area contributed by atoms with E-state index in [1.807, 2.05) is 19.1 Å². The Labute approximate surface area is 94.1 Å². The Hall–Kier alpha value is -1.88. The number of hydrogen-bond donors (Lipinski definition) is 2. The van der Waals surface area contributed by atoms with Crippen LogP contribution in [0.25, 0.3) is 0 Å². The highest BCUT2D eigenvalue weighted by Gasteiger charge is 2.12. The summed E-state index contributed by atoms with van der Waals surface area (Å²) in [6.07, 6.45) is 3.64. The molecule has 0 heterocycles. The highest BCUT2D eigenvalue weighted by atomic mass is 16.6. The second kappa shape index (κ2) is 5.87. The van der Waals surface area contributed by atoms with E-state index >= 15 is 0 Å². The fourth-order valence-electron chi connectivity index (χ4n) is 1.29. The summed E-state index contributed by atoms with van der Waals surface area (Å²) < 4.78 is 0. The van der Waals surface area contributed by atoms with Crippen LogP contribution >= 0.6 is 0 Å². The predicted molar refractivity (Wildman–Crippen MR) is 64.5 cm³/mol. The van der Waals surface area contributed by atoms with E-state index in [4.69, 9.17) is 5.73 Å². The maximum Gasteiger partial charge on any atom is 0.292 e. The number of anilines is 1. The van der Waals surface area contributed by atoms with Crippen molar-refractivity contribution < 1.29 is 4.92 Å². The Morgan fingerprint density at radius 2 is 2.25 bits per heavy atom. The number of nitro benzene ring substituents is 1. The Balaban J connectivity index is 2.78. The molecule has 0 fully saturated rings. The third-order valence-corrected chi connectivity index (χ3v) is 2.06. The normalized spacial score (nSPS) is 10.6. The second-order valence-electron chi connectivity index (χ2n) is 3.37. The number of nitrogens with zero attached hydrogens (tertiary/aromatic N) is 1. The first-order valence-corrected chi connectivity index (χ1v) is 4.99. The van der Waals surface area contributed by atoms with Crippen molar-refractivity contribution in [2.75, 3.05) is 18.4 Å². The summed E-state index contributed by atoms with van der Waals surface area (Å²) in [6, 6.07) is 5.10. The van der Waals surface area contributed by atoms with Gasteiger partial charge >= 0.3 is 0 Å². The minimum Gasteiger partial charge on any atom is -0.376 e. The van der Waals surface area contributed by atoms with Crippen LogP contribution in [0.3, 0.4) is 0 Å². The first-order valence-electron chi connectivity index (χ1n) is 4.99. The third kappa shape index (κ3) is 3.36. The molecule has 0 aliphatic rings. The molecule has 5 nitrogen and oxygen atoms in total. The molecule has 1 aromatic rings. The van der Waals surface area contributed by atoms with Crippen molar-refractivity contribution in [2.45, 2.75) is 6.92 Å². The maximum atomic E-state index is 10.8. The lowest BCUT2D eigenvalue weighted by molar-refractivity contribution is -0.384. The standard InChI is InChI=1S/C11H15N3O2/c1-9-4-5-10(11(8-9)14(15)16)13-7-3-2-6-12/h2-5,8,13H,6-7,12H2,1H3/b3-2+. The van der Waals surface area contributed by atoms with E-state index in [9.17, 15) is 10.1 Å². The van der Waals surface area contributed by atoms with E-state index in [-0.39, 0.29) is 10.6 Å². The maximum absolute atomic E-state index is 10.8. The van der Waals surface area contributed by atoms with E-state index in [1.54, 1.807) is 18.2 Å². The van der Waals surface area contributed by atoms with Crippen molar-refractivity contribution in [1.82, 2.24) is 0 Å². The van der Waals surface area contributed by atoms with Gasteiger partial charge in [-0.1, -0.05) is 18.2 Å². The number of hydrogen-bond acceptors (Lipinski definition) is 4. The molecular formula is C11H15N3O2. The highest BCUT2D eigenvalue weighted by Crippen LogP contribution is 2.24. The summed E-state index contributed by atoms with van der Waals surface area (Å²) in [7, 11) is 0. The lowest BCUT2D eigenvalue weighted by Crippen LogP contribution is -2.03.